The summed E-state index contributed by atoms with van der Waals surface area (Å²) in [5.74, 6) is 0.563. The standard InChI is InChI=1S/C29H26N8O/c1-3-4-8-24(38)32-20-14-19(15-30-16-20)22-9-10-23-26(33-22)27(37-36-23)29-34-25-21(11-12-31-28(25)35-29)18-7-5-6-17(2)13-18/h5-7,9-16H,3-4,8H2,1-2H3,(H,32,38)(H,36,37)(H,31,34,35). The van der Waals surface area contributed by atoms with Gasteiger partial charge in [-0.1, -0.05) is 43.2 Å². The average Bonchev–Trinajstić information content (AvgIpc) is 3.55. The van der Waals surface area contributed by atoms with Crippen LogP contribution < -0.4 is 5.32 Å². The molecule has 9 nitrogen and oxygen atoms in total. The van der Waals surface area contributed by atoms with E-state index in [1.165, 1.54) is 5.56 Å². The summed E-state index contributed by atoms with van der Waals surface area (Å²) >= 11 is 0. The fraction of sp³-hybridized carbons (Fsp3) is 0.172. The molecule has 1 amide bonds. The van der Waals surface area contributed by atoms with Crippen LogP contribution in [0.25, 0.3) is 56.1 Å². The minimum Gasteiger partial charge on any atom is -0.335 e. The van der Waals surface area contributed by atoms with Crippen LogP contribution in [0.2, 0.25) is 0 Å². The van der Waals surface area contributed by atoms with E-state index < -0.39 is 0 Å². The van der Waals surface area contributed by atoms with Gasteiger partial charge in [0.25, 0.3) is 0 Å². The molecule has 6 aromatic rings. The van der Waals surface area contributed by atoms with Crippen molar-refractivity contribution >= 4 is 33.8 Å². The van der Waals surface area contributed by atoms with Crippen molar-refractivity contribution in [2.45, 2.75) is 33.1 Å². The summed E-state index contributed by atoms with van der Waals surface area (Å²) < 4.78 is 0. The monoisotopic (exact) mass is 502 g/mol. The number of benzene rings is 1. The molecule has 1 aromatic carbocycles. The molecular weight excluding hydrogens is 476 g/mol. The highest BCUT2D eigenvalue weighted by molar-refractivity contribution is 5.95. The third-order valence-electron chi connectivity index (χ3n) is 6.43. The van der Waals surface area contributed by atoms with E-state index in [-0.39, 0.29) is 5.91 Å². The van der Waals surface area contributed by atoms with Gasteiger partial charge in [0.15, 0.2) is 17.2 Å². The minimum absolute atomic E-state index is 0.0186. The maximum atomic E-state index is 12.2. The Morgan fingerprint density at radius 1 is 1.03 bits per heavy atom. The maximum absolute atomic E-state index is 12.2. The fourth-order valence-corrected chi connectivity index (χ4v) is 4.51. The van der Waals surface area contributed by atoms with Crippen LogP contribution in [0, 0.1) is 6.92 Å². The van der Waals surface area contributed by atoms with Crippen molar-refractivity contribution in [2.75, 3.05) is 5.32 Å². The number of imidazole rings is 1. The quantitative estimate of drug-likeness (QED) is 0.244. The summed E-state index contributed by atoms with van der Waals surface area (Å²) in [7, 11) is 0. The molecule has 0 unspecified atom stereocenters. The molecule has 0 bridgehead atoms. The van der Waals surface area contributed by atoms with Gasteiger partial charge in [-0.05, 0) is 43.2 Å². The van der Waals surface area contributed by atoms with E-state index in [2.05, 4.69) is 62.5 Å². The number of carbonyl (C=O) groups is 1. The maximum Gasteiger partial charge on any atom is 0.224 e. The van der Waals surface area contributed by atoms with Gasteiger partial charge in [-0.15, -0.1) is 0 Å². The number of aryl methyl sites for hydroxylation is 1. The van der Waals surface area contributed by atoms with Crippen LogP contribution in [0.3, 0.4) is 0 Å². The lowest BCUT2D eigenvalue weighted by Crippen LogP contribution is -2.11. The summed E-state index contributed by atoms with van der Waals surface area (Å²) in [5, 5.41) is 10.5. The van der Waals surface area contributed by atoms with E-state index >= 15 is 0 Å². The number of rotatable bonds is 7. The van der Waals surface area contributed by atoms with Gasteiger partial charge in [-0.2, -0.15) is 5.10 Å². The van der Waals surface area contributed by atoms with E-state index in [1.807, 2.05) is 30.3 Å². The second-order valence-electron chi connectivity index (χ2n) is 9.29. The van der Waals surface area contributed by atoms with E-state index in [9.17, 15) is 4.79 Å². The molecule has 5 aromatic heterocycles. The largest absolute Gasteiger partial charge is 0.335 e. The zero-order valence-corrected chi connectivity index (χ0v) is 21.1. The van der Waals surface area contributed by atoms with Gasteiger partial charge < -0.3 is 10.3 Å². The number of aromatic nitrogens is 7. The molecule has 0 aliphatic rings. The Morgan fingerprint density at radius 2 is 1.95 bits per heavy atom. The first-order valence-corrected chi connectivity index (χ1v) is 12.6. The Labute approximate surface area is 218 Å². The lowest BCUT2D eigenvalue weighted by Gasteiger charge is -2.07. The third kappa shape index (κ3) is 4.50. The number of amides is 1. The normalized spacial score (nSPS) is 11.3. The summed E-state index contributed by atoms with van der Waals surface area (Å²) in [6.07, 6.45) is 7.45. The molecule has 38 heavy (non-hydrogen) atoms. The number of H-pyrrole nitrogens is 2. The van der Waals surface area contributed by atoms with Crippen LogP contribution in [-0.4, -0.2) is 41.0 Å². The van der Waals surface area contributed by atoms with Gasteiger partial charge >= 0.3 is 0 Å². The molecule has 9 heteroatoms. The van der Waals surface area contributed by atoms with Crippen LogP contribution in [0.15, 0.2) is 67.1 Å². The van der Waals surface area contributed by atoms with E-state index in [4.69, 9.17) is 9.97 Å². The molecule has 188 valence electrons. The molecule has 0 spiro atoms. The zero-order valence-electron chi connectivity index (χ0n) is 21.1. The summed E-state index contributed by atoms with van der Waals surface area (Å²) in [6.45, 7) is 4.14. The van der Waals surface area contributed by atoms with Crippen molar-refractivity contribution in [3.8, 4) is 33.9 Å². The number of hydrogen-bond acceptors (Lipinski definition) is 6. The predicted molar refractivity (Wildman–Crippen MR) is 148 cm³/mol. The van der Waals surface area contributed by atoms with Crippen molar-refractivity contribution < 1.29 is 4.79 Å². The van der Waals surface area contributed by atoms with Crippen molar-refractivity contribution in [1.29, 1.82) is 0 Å². The van der Waals surface area contributed by atoms with Crippen molar-refractivity contribution in [2.24, 2.45) is 0 Å². The highest BCUT2D eigenvalue weighted by Crippen LogP contribution is 2.31. The Hall–Kier alpha value is -4.92. The Morgan fingerprint density at radius 3 is 2.82 bits per heavy atom. The van der Waals surface area contributed by atoms with Crippen LogP contribution in [0.1, 0.15) is 31.7 Å². The van der Waals surface area contributed by atoms with E-state index in [0.717, 1.165) is 40.6 Å². The number of hydrogen-bond donors (Lipinski definition) is 3. The Bertz CT molecular complexity index is 1780. The highest BCUT2D eigenvalue weighted by Gasteiger charge is 2.17. The number of nitrogens with one attached hydrogen (secondary N) is 3. The predicted octanol–water partition coefficient (Wildman–Crippen LogP) is 6.06. The smallest absolute Gasteiger partial charge is 0.224 e. The van der Waals surface area contributed by atoms with Gasteiger partial charge in [0.2, 0.25) is 5.91 Å². The molecule has 0 atom stereocenters. The molecule has 6 rings (SSSR count). The van der Waals surface area contributed by atoms with Gasteiger partial charge in [-0.25, -0.2) is 15.0 Å². The summed E-state index contributed by atoms with van der Waals surface area (Å²) in [5.41, 5.74) is 8.97. The van der Waals surface area contributed by atoms with E-state index in [1.54, 1.807) is 18.6 Å². The molecule has 0 aliphatic carbocycles. The van der Waals surface area contributed by atoms with Gasteiger partial charge in [0.1, 0.15) is 5.52 Å². The van der Waals surface area contributed by atoms with Crippen LogP contribution >= 0.6 is 0 Å². The SMILES string of the molecule is CCCCC(=O)Nc1cncc(-c2ccc3[nH]nc(-c4nc5nccc(-c6cccc(C)c6)c5[nH]4)c3n2)c1. The fourth-order valence-electron chi connectivity index (χ4n) is 4.51. The molecule has 3 N–H and O–H groups in total. The number of fused-ring (bicyclic) bond motifs is 2. The number of pyridine rings is 3. The van der Waals surface area contributed by atoms with Crippen molar-refractivity contribution in [3.63, 3.8) is 0 Å². The van der Waals surface area contributed by atoms with E-state index in [0.29, 0.717) is 40.5 Å². The molecule has 0 aliphatic heterocycles. The molecule has 0 saturated heterocycles. The first-order chi connectivity index (χ1) is 18.6. The third-order valence-corrected chi connectivity index (χ3v) is 6.43. The number of aromatic amines is 2. The molecule has 0 fully saturated rings. The van der Waals surface area contributed by atoms with Gasteiger partial charge in [-0.3, -0.25) is 14.9 Å². The lowest BCUT2D eigenvalue weighted by molar-refractivity contribution is -0.116. The van der Waals surface area contributed by atoms with Crippen LogP contribution in [0.5, 0.6) is 0 Å². The number of carbonyl (C=O) groups excluding carboxylic acids is 1. The Balaban J connectivity index is 1.37. The van der Waals surface area contributed by atoms with Crippen LogP contribution in [0.4, 0.5) is 5.69 Å². The first-order valence-electron chi connectivity index (χ1n) is 12.6. The number of anilines is 1. The summed E-state index contributed by atoms with van der Waals surface area (Å²) in [4.78, 5) is 34.0. The minimum atomic E-state index is -0.0186. The topological polar surface area (TPSA) is 125 Å². The average molecular weight is 503 g/mol. The van der Waals surface area contributed by atoms with Gasteiger partial charge in [0.05, 0.1) is 28.6 Å². The van der Waals surface area contributed by atoms with Crippen molar-refractivity contribution in [1.82, 2.24) is 35.1 Å². The second kappa shape index (κ2) is 9.85. The number of unbranched alkanes of at least 4 members (excludes halogenated alkanes) is 1. The summed E-state index contributed by atoms with van der Waals surface area (Å²) in [6, 6.07) is 16.0. The van der Waals surface area contributed by atoms with Crippen molar-refractivity contribution in [3.05, 3.63) is 72.7 Å². The molecule has 0 saturated carbocycles. The molecular formula is C29H26N8O. The molecule has 5 heterocycles. The first kappa shape index (κ1) is 23.5. The van der Waals surface area contributed by atoms with Crippen LogP contribution in [-0.2, 0) is 4.79 Å². The number of nitrogens with zero attached hydrogens (tertiary/aromatic N) is 5. The molecule has 0 radical (unpaired) electrons. The Kier molecular flexibility index (Phi) is 6.09. The second-order valence-corrected chi connectivity index (χ2v) is 9.29. The zero-order chi connectivity index (χ0) is 26.1. The van der Waals surface area contributed by atoms with Gasteiger partial charge in [0, 0.05) is 29.9 Å². The highest BCUT2D eigenvalue weighted by atomic mass is 16.1. The lowest BCUT2D eigenvalue weighted by atomic mass is 10.0.